The fourth-order valence-electron chi connectivity index (χ4n) is 2.47. The zero-order valence-electron chi connectivity index (χ0n) is 15.6. The van der Waals surface area contributed by atoms with Gasteiger partial charge in [0.05, 0.1) is 11.1 Å². The van der Waals surface area contributed by atoms with Crippen molar-refractivity contribution in [3.05, 3.63) is 99.1 Å². The highest BCUT2D eigenvalue weighted by Gasteiger charge is 2.27. The van der Waals surface area contributed by atoms with E-state index < -0.39 is 31.5 Å². The van der Waals surface area contributed by atoms with E-state index in [-0.39, 0.29) is 5.75 Å². The van der Waals surface area contributed by atoms with E-state index in [1.54, 1.807) is 18.2 Å². The maximum absolute atomic E-state index is 12.5. The maximum Gasteiger partial charge on any atom is 0.346 e. The number of hydrogen-bond donors (Lipinski definition) is 1. The van der Waals surface area contributed by atoms with Crippen molar-refractivity contribution >= 4 is 39.5 Å². The molecule has 9 nitrogen and oxygen atoms in total. The third-order valence-corrected chi connectivity index (χ3v) is 5.43. The Morgan fingerprint density at radius 2 is 1.77 bits per heavy atom. The SMILES string of the molecule is O=C(N/N=C\c1cccc(OS(=O)(=O)c2ccccc2[N+](=O)[O-])c1)c1ccc(Cl)cc1. The molecule has 0 aliphatic rings. The van der Waals surface area contributed by atoms with E-state index in [9.17, 15) is 23.3 Å². The quantitative estimate of drug-likeness (QED) is 0.248. The van der Waals surface area contributed by atoms with Crippen LogP contribution in [0.15, 0.2) is 82.8 Å². The molecule has 0 saturated carbocycles. The summed E-state index contributed by atoms with van der Waals surface area (Å²) in [6.07, 6.45) is 1.29. The molecule has 3 aromatic rings. The third-order valence-electron chi connectivity index (χ3n) is 3.88. The Balaban J connectivity index is 1.73. The molecule has 0 unspecified atom stereocenters. The summed E-state index contributed by atoms with van der Waals surface area (Å²) >= 11 is 5.78. The second kappa shape index (κ2) is 9.37. The topological polar surface area (TPSA) is 128 Å². The van der Waals surface area contributed by atoms with Gasteiger partial charge < -0.3 is 4.18 Å². The number of nitrogens with zero attached hydrogens (tertiary/aromatic N) is 2. The highest BCUT2D eigenvalue weighted by Crippen LogP contribution is 2.26. The van der Waals surface area contributed by atoms with Gasteiger partial charge in [-0.2, -0.15) is 13.5 Å². The van der Waals surface area contributed by atoms with Gasteiger partial charge in [-0.05, 0) is 48.0 Å². The van der Waals surface area contributed by atoms with Crippen molar-refractivity contribution in [3.63, 3.8) is 0 Å². The number of amides is 1. The van der Waals surface area contributed by atoms with Gasteiger partial charge in [0.1, 0.15) is 5.75 Å². The fraction of sp³-hybridized carbons (Fsp3) is 0. The minimum Gasteiger partial charge on any atom is -0.379 e. The lowest BCUT2D eigenvalue weighted by atomic mass is 10.2. The van der Waals surface area contributed by atoms with Gasteiger partial charge in [0.2, 0.25) is 0 Å². The summed E-state index contributed by atoms with van der Waals surface area (Å²) in [4.78, 5) is 21.7. The smallest absolute Gasteiger partial charge is 0.346 e. The predicted octanol–water partition coefficient (Wildman–Crippen LogP) is 3.78. The van der Waals surface area contributed by atoms with Gasteiger partial charge in [-0.3, -0.25) is 14.9 Å². The predicted molar refractivity (Wildman–Crippen MR) is 114 cm³/mol. The second-order valence-electron chi connectivity index (χ2n) is 6.04. The molecule has 158 valence electrons. The fourth-order valence-corrected chi connectivity index (χ4v) is 3.69. The van der Waals surface area contributed by atoms with E-state index in [1.165, 1.54) is 48.7 Å². The number of hydrogen-bond acceptors (Lipinski definition) is 7. The Labute approximate surface area is 182 Å². The van der Waals surface area contributed by atoms with Crippen molar-refractivity contribution in [3.8, 4) is 5.75 Å². The van der Waals surface area contributed by atoms with Crippen molar-refractivity contribution in [1.82, 2.24) is 5.43 Å². The Hall–Kier alpha value is -3.76. The highest BCUT2D eigenvalue weighted by atomic mass is 35.5. The molecule has 0 spiro atoms. The number of para-hydroxylation sites is 1. The molecule has 31 heavy (non-hydrogen) atoms. The number of hydrazone groups is 1. The van der Waals surface area contributed by atoms with Crippen LogP contribution in [0, 0.1) is 10.1 Å². The van der Waals surface area contributed by atoms with Crippen molar-refractivity contribution < 1.29 is 22.3 Å². The van der Waals surface area contributed by atoms with E-state index >= 15 is 0 Å². The first-order valence-electron chi connectivity index (χ1n) is 8.63. The number of carbonyl (C=O) groups excluding carboxylic acids is 1. The highest BCUT2D eigenvalue weighted by molar-refractivity contribution is 7.87. The molecule has 0 atom stereocenters. The third kappa shape index (κ3) is 5.65. The van der Waals surface area contributed by atoms with E-state index in [0.29, 0.717) is 16.1 Å². The van der Waals surface area contributed by atoms with E-state index in [0.717, 1.165) is 12.1 Å². The molecule has 3 aromatic carbocycles. The van der Waals surface area contributed by atoms with Crippen LogP contribution in [0.4, 0.5) is 5.69 Å². The molecule has 0 fully saturated rings. The number of benzene rings is 3. The van der Waals surface area contributed by atoms with E-state index in [4.69, 9.17) is 15.8 Å². The van der Waals surface area contributed by atoms with Gasteiger partial charge in [0, 0.05) is 16.7 Å². The number of rotatable bonds is 7. The van der Waals surface area contributed by atoms with Crippen molar-refractivity contribution in [1.29, 1.82) is 0 Å². The molecule has 0 saturated heterocycles. The molecule has 1 amide bonds. The van der Waals surface area contributed by atoms with Crippen molar-refractivity contribution in [2.75, 3.05) is 0 Å². The number of nitrogens with one attached hydrogen (secondary N) is 1. The van der Waals surface area contributed by atoms with Gasteiger partial charge in [-0.1, -0.05) is 35.9 Å². The lowest BCUT2D eigenvalue weighted by Crippen LogP contribution is -2.17. The molecule has 0 radical (unpaired) electrons. The summed E-state index contributed by atoms with van der Waals surface area (Å²) < 4.78 is 30.0. The van der Waals surface area contributed by atoms with E-state index in [1.807, 2.05) is 0 Å². The summed E-state index contributed by atoms with van der Waals surface area (Å²) in [5.74, 6) is -0.537. The summed E-state index contributed by atoms with van der Waals surface area (Å²) in [5, 5.41) is 15.4. The molecule has 11 heteroatoms. The summed E-state index contributed by atoms with van der Waals surface area (Å²) in [7, 11) is -4.45. The molecule has 1 N–H and O–H groups in total. The molecule has 0 aromatic heterocycles. The second-order valence-corrected chi connectivity index (χ2v) is 7.99. The minimum absolute atomic E-state index is 0.0777. The molecule has 0 bridgehead atoms. The average molecular weight is 460 g/mol. The number of nitro benzene ring substituents is 1. The van der Waals surface area contributed by atoms with Crippen LogP contribution in [0.3, 0.4) is 0 Å². The Morgan fingerprint density at radius 3 is 2.48 bits per heavy atom. The average Bonchev–Trinajstić information content (AvgIpc) is 2.74. The number of halogens is 1. The molecular formula is C20H14ClN3O6S. The number of carbonyl (C=O) groups is 1. The molecule has 0 heterocycles. The van der Waals surface area contributed by atoms with Crippen LogP contribution >= 0.6 is 11.6 Å². The first-order chi connectivity index (χ1) is 14.8. The van der Waals surface area contributed by atoms with Gasteiger partial charge in [-0.15, -0.1) is 0 Å². The van der Waals surface area contributed by atoms with Crippen LogP contribution in [0.1, 0.15) is 15.9 Å². The first-order valence-corrected chi connectivity index (χ1v) is 10.4. The Bertz CT molecular complexity index is 1260. The van der Waals surface area contributed by atoms with Crippen molar-refractivity contribution in [2.45, 2.75) is 4.90 Å². The van der Waals surface area contributed by atoms with Gasteiger partial charge >= 0.3 is 10.1 Å². The van der Waals surface area contributed by atoms with Gasteiger partial charge in [0.15, 0.2) is 4.90 Å². The largest absolute Gasteiger partial charge is 0.379 e. The molecule has 0 aliphatic carbocycles. The van der Waals surface area contributed by atoms with Crippen LogP contribution in [0.5, 0.6) is 5.75 Å². The van der Waals surface area contributed by atoms with E-state index in [2.05, 4.69) is 10.5 Å². The Morgan fingerprint density at radius 1 is 1.06 bits per heavy atom. The van der Waals surface area contributed by atoms with Crippen LogP contribution < -0.4 is 9.61 Å². The molecule has 0 aliphatic heterocycles. The number of nitro groups is 1. The minimum atomic E-state index is -4.45. The molecule has 3 rings (SSSR count). The normalized spacial score (nSPS) is 11.3. The summed E-state index contributed by atoms with van der Waals surface area (Å²) in [6, 6.07) is 16.9. The van der Waals surface area contributed by atoms with Crippen LogP contribution in [0.25, 0.3) is 0 Å². The summed E-state index contributed by atoms with van der Waals surface area (Å²) in [6.45, 7) is 0. The molecular weight excluding hydrogens is 446 g/mol. The standard InChI is InChI=1S/C20H14ClN3O6S/c21-16-10-8-15(9-11-16)20(25)23-22-13-14-4-3-5-17(12-14)30-31(28,29)19-7-2-1-6-18(19)24(26)27/h1-13H,(H,23,25)/b22-13-. The zero-order valence-corrected chi connectivity index (χ0v) is 17.2. The van der Waals surface area contributed by atoms with Crippen LogP contribution in [0.2, 0.25) is 5.02 Å². The first kappa shape index (κ1) is 21.9. The van der Waals surface area contributed by atoms with Crippen LogP contribution in [-0.4, -0.2) is 25.5 Å². The lowest BCUT2D eigenvalue weighted by Gasteiger charge is -2.08. The van der Waals surface area contributed by atoms with Crippen molar-refractivity contribution in [2.24, 2.45) is 5.10 Å². The summed E-state index contributed by atoms with van der Waals surface area (Å²) in [5.41, 5.74) is 2.52. The maximum atomic E-state index is 12.5. The Kier molecular flexibility index (Phi) is 6.63. The van der Waals surface area contributed by atoms with Gasteiger partial charge in [0.25, 0.3) is 11.6 Å². The zero-order chi connectivity index (χ0) is 22.4. The van der Waals surface area contributed by atoms with Gasteiger partial charge in [-0.25, -0.2) is 5.43 Å². The lowest BCUT2D eigenvalue weighted by molar-refractivity contribution is -0.387. The van der Waals surface area contributed by atoms with Crippen LogP contribution in [-0.2, 0) is 10.1 Å². The monoisotopic (exact) mass is 459 g/mol.